The molecule has 2 aliphatic rings. The lowest BCUT2D eigenvalue weighted by Gasteiger charge is -2.26. The second-order valence-corrected chi connectivity index (χ2v) is 5.75. The first kappa shape index (κ1) is 13.8. The zero-order valence-electron chi connectivity index (χ0n) is 10.8. The van der Waals surface area contributed by atoms with Gasteiger partial charge >= 0.3 is 0 Å². The number of carbonyl (C=O) groups excluding carboxylic acids is 1. The second kappa shape index (κ2) is 5.99. The SMILES string of the molecule is NC1CCC(CCC(=O)N2CC(O)C(O)C2)CC1. The molecule has 0 aromatic carbocycles. The Morgan fingerprint density at radius 1 is 1.11 bits per heavy atom. The maximum Gasteiger partial charge on any atom is 0.222 e. The molecule has 18 heavy (non-hydrogen) atoms. The minimum Gasteiger partial charge on any atom is -0.388 e. The molecule has 2 rings (SSSR count). The van der Waals surface area contributed by atoms with Gasteiger partial charge in [-0.25, -0.2) is 0 Å². The van der Waals surface area contributed by atoms with Crippen molar-refractivity contribution in [1.29, 1.82) is 0 Å². The van der Waals surface area contributed by atoms with Gasteiger partial charge in [-0.2, -0.15) is 0 Å². The second-order valence-electron chi connectivity index (χ2n) is 5.75. The van der Waals surface area contributed by atoms with Gasteiger partial charge in [-0.1, -0.05) is 0 Å². The van der Waals surface area contributed by atoms with Gasteiger partial charge in [-0.3, -0.25) is 4.79 Å². The van der Waals surface area contributed by atoms with Gasteiger partial charge in [0, 0.05) is 25.6 Å². The number of rotatable bonds is 3. The molecule has 1 aliphatic heterocycles. The van der Waals surface area contributed by atoms with Gasteiger partial charge in [0.2, 0.25) is 5.91 Å². The molecule has 0 aromatic heterocycles. The van der Waals surface area contributed by atoms with Crippen molar-refractivity contribution >= 4 is 5.91 Å². The van der Waals surface area contributed by atoms with E-state index in [1.807, 2.05) is 0 Å². The van der Waals surface area contributed by atoms with Crippen molar-refractivity contribution in [3.05, 3.63) is 0 Å². The normalized spacial score (nSPS) is 36.9. The first-order valence-corrected chi connectivity index (χ1v) is 6.95. The van der Waals surface area contributed by atoms with Gasteiger partial charge in [0.15, 0.2) is 0 Å². The lowest BCUT2D eigenvalue weighted by atomic mass is 9.84. The summed E-state index contributed by atoms with van der Waals surface area (Å²) in [6.45, 7) is 0.547. The lowest BCUT2D eigenvalue weighted by Crippen LogP contribution is -2.31. The molecule has 4 N–H and O–H groups in total. The third-order valence-corrected chi connectivity index (χ3v) is 4.27. The highest BCUT2D eigenvalue weighted by atomic mass is 16.3. The van der Waals surface area contributed by atoms with Crippen LogP contribution >= 0.6 is 0 Å². The summed E-state index contributed by atoms with van der Waals surface area (Å²) < 4.78 is 0. The fourth-order valence-electron chi connectivity index (χ4n) is 2.94. The fraction of sp³-hybridized carbons (Fsp3) is 0.923. The van der Waals surface area contributed by atoms with Crippen LogP contribution in [0, 0.1) is 5.92 Å². The zero-order chi connectivity index (χ0) is 13.1. The molecular weight excluding hydrogens is 232 g/mol. The monoisotopic (exact) mass is 256 g/mol. The van der Waals surface area contributed by atoms with E-state index in [-0.39, 0.29) is 19.0 Å². The van der Waals surface area contributed by atoms with Crippen LogP contribution in [0.15, 0.2) is 0 Å². The van der Waals surface area contributed by atoms with E-state index in [1.165, 1.54) is 0 Å². The number of likely N-dealkylation sites (tertiary alicyclic amines) is 1. The largest absolute Gasteiger partial charge is 0.388 e. The summed E-state index contributed by atoms with van der Waals surface area (Å²) >= 11 is 0. The first-order chi connectivity index (χ1) is 8.56. The average molecular weight is 256 g/mol. The van der Waals surface area contributed by atoms with E-state index in [9.17, 15) is 15.0 Å². The molecule has 1 saturated heterocycles. The lowest BCUT2D eigenvalue weighted by molar-refractivity contribution is -0.131. The Labute approximate surface area is 108 Å². The summed E-state index contributed by atoms with van der Waals surface area (Å²) in [5.41, 5.74) is 5.85. The van der Waals surface area contributed by atoms with Crippen LogP contribution in [0.2, 0.25) is 0 Å². The Morgan fingerprint density at radius 3 is 2.22 bits per heavy atom. The van der Waals surface area contributed by atoms with Gasteiger partial charge in [-0.05, 0) is 38.0 Å². The van der Waals surface area contributed by atoms with Crippen molar-refractivity contribution in [1.82, 2.24) is 4.90 Å². The number of aliphatic hydroxyl groups is 2. The van der Waals surface area contributed by atoms with E-state index in [0.29, 0.717) is 18.4 Å². The smallest absolute Gasteiger partial charge is 0.222 e. The Kier molecular flexibility index (Phi) is 4.59. The van der Waals surface area contributed by atoms with Gasteiger partial charge in [0.25, 0.3) is 0 Å². The Morgan fingerprint density at radius 2 is 1.67 bits per heavy atom. The average Bonchev–Trinajstić information content (AvgIpc) is 2.69. The number of carbonyl (C=O) groups is 1. The summed E-state index contributed by atoms with van der Waals surface area (Å²) in [5.74, 6) is 0.673. The van der Waals surface area contributed by atoms with E-state index >= 15 is 0 Å². The van der Waals surface area contributed by atoms with E-state index < -0.39 is 12.2 Å². The first-order valence-electron chi connectivity index (χ1n) is 6.95. The zero-order valence-corrected chi connectivity index (χ0v) is 10.8. The van der Waals surface area contributed by atoms with Crippen molar-refractivity contribution in [2.24, 2.45) is 11.7 Å². The molecule has 0 aromatic rings. The number of hydrogen-bond acceptors (Lipinski definition) is 4. The molecule has 2 fully saturated rings. The van der Waals surface area contributed by atoms with Crippen LogP contribution in [0.25, 0.3) is 0 Å². The summed E-state index contributed by atoms with van der Waals surface area (Å²) in [5, 5.41) is 18.8. The van der Waals surface area contributed by atoms with Gasteiger partial charge in [-0.15, -0.1) is 0 Å². The minimum atomic E-state index is -0.776. The third-order valence-electron chi connectivity index (χ3n) is 4.27. The molecule has 104 valence electrons. The number of nitrogens with two attached hydrogens (primary N) is 1. The van der Waals surface area contributed by atoms with Crippen molar-refractivity contribution in [2.45, 2.75) is 56.8 Å². The standard InChI is InChI=1S/C13H24N2O3/c14-10-4-1-9(2-5-10)3-6-13(18)15-7-11(16)12(17)8-15/h9-12,16-17H,1-8,14H2. The number of hydrogen-bond donors (Lipinski definition) is 3. The summed E-state index contributed by atoms with van der Waals surface area (Å²) in [4.78, 5) is 13.5. The minimum absolute atomic E-state index is 0.0560. The quantitative estimate of drug-likeness (QED) is 0.655. The van der Waals surface area contributed by atoms with Crippen molar-refractivity contribution in [3.8, 4) is 0 Å². The molecule has 5 nitrogen and oxygen atoms in total. The molecule has 1 amide bonds. The van der Waals surface area contributed by atoms with Gasteiger partial charge in [0.05, 0.1) is 12.2 Å². The molecule has 2 unspecified atom stereocenters. The molecule has 0 bridgehead atoms. The van der Waals surface area contributed by atoms with Crippen LogP contribution in [0.3, 0.4) is 0 Å². The predicted octanol–water partition coefficient (Wildman–Crippen LogP) is -0.152. The third kappa shape index (κ3) is 3.43. The van der Waals surface area contributed by atoms with Crippen molar-refractivity contribution in [2.75, 3.05) is 13.1 Å². The van der Waals surface area contributed by atoms with Crippen molar-refractivity contribution < 1.29 is 15.0 Å². The molecule has 1 heterocycles. The molecular formula is C13H24N2O3. The topological polar surface area (TPSA) is 86.8 Å². The van der Waals surface area contributed by atoms with Gasteiger partial charge in [0.1, 0.15) is 0 Å². The summed E-state index contributed by atoms with van der Waals surface area (Å²) in [7, 11) is 0. The number of β-amino-alcohol motifs (C(OH)–C–C–N with tert-alkyl or cyclic N) is 2. The van der Waals surface area contributed by atoms with E-state index in [0.717, 1.165) is 32.1 Å². The maximum absolute atomic E-state index is 11.9. The highest BCUT2D eigenvalue weighted by Crippen LogP contribution is 2.27. The van der Waals surface area contributed by atoms with Gasteiger partial charge < -0.3 is 20.8 Å². The number of aliphatic hydroxyl groups excluding tert-OH is 2. The highest BCUT2D eigenvalue weighted by molar-refractivity contribution is 5.76. The maximum atomic E-state index is 11.9. The van der Waals surface area contributed by atoms with Crippen LogP contribution in [0.4, 0.5) is 0 Å². The predicted molar refractivity (Wildman–Crippen MR) is 67.8 cm³/mol. The number of nitrogens with zero attached hydrogens (tertiary/aromatic N) is 1. The molecule has 1 saturated carbocycles. The van der Waals surface area contributed by atoms with Crippen LogP contribution < -0.4 is 5.73 Å². The van der Waals surface area contributed by atoms with E-state index in [4.69, 9.17) is 5.73 Å². The van der Waals surface area contributed by atoms with E-state index in [1.54, 1.807) is 4.90 Å². The van der Waals surface area contributed by atoms with Crippen LogP contribution in [0.1, 0.15) is 38.5 Å². The summed E-state index contributed by atoms with van der Waals surface area (Å²) in [6, 6.07) is 0.348. The molecule has 0 radical (unpaired) electrons. The van der Waals surface area contributed by atoms with Crippen LogP contribution in [-0.2, 0) is 4.79 Å². The molecule has 1 aliphatic carbocycles. The Hall–Kier alpha value is -0.650. The van der Waals surface area contributed by atoms with Crippen LogP contribution in [-0.4, -0.2) is 52.4 Å². The summed E-state index contributed by atoms with van der Waals surface area (Å²) in [6.07, 6.45) is 4.27. The Bertz CT molecular complexity index is 280. The molecule has 0 spiro atoms. The molecule has 5 heteroatoms. The highest BCUT2D eigenvalue weighted by Gasteiger charge is 2.32. The molecule has 2 atom stereocenters. The number of amides is 1. The van der Waals surface area contributed by atoms with Crippen LogP contribution in [0.5, 0.6) is 0 Å². The van der Waals surface area contributed by atoms with E-state index in [2.05, 4.69) is 0 Å². The Balaban J connectivity index is 1.69. The van der Waals surface area contributed by atoms with Crippen molar-refractivity contribution in [3.63, 3.8) is 0 Å². The fourth-order valence-corrected chi connectivity index (χ4v) is 2.94.